The Hall–Kier alpha value is -3.60. The van der Waals surface area contributed by atoms with Crippen molar-refractivity contribution < 1.29 is 0 Å². The molecule has 0 saturated heterocycles. The smallest absolute Gasteiger partial charge is 0.159 e. The van der Waals surface area contributed by atoms with E-state index in [1.165, 1.54) is 0 Å². The summed E-state index contributed by atoms with van der Waals surface area (Å²) in [5, 5.41) is 3.37. The van der Waals surface area contributed by atoms with E-state index in [1.54, 1.807) is 18.6 Å². The molecule has 1 aliphatic heterocycles. The zero-order valence-corrected chi connectivity index (χ0v) is 13.2. The lowest BCUT2D eigenvalue weighted by molar-refractivity contribution is 1.18. The molecule has 5 heteroatoms. The minimum Gasteiger partial charge on any atom is -0.338 e. The number of anilines is 2. The number of aromatic nitrogens is 4. The minimum absolute atomic E-state index is 0.701. The normalized spacial score (nSPS) is 11.5. The SMILES string of the molecule is c1ccc(-c2ncc3c(n2)-c2cccnc2Nc2cnccc2-3)cc1. The summed E-state index contributed by atoms with van der Waals surface area (Å²) >= 11 is 0. The van der Waals surface area contributed by atoms with E-state index in [4.69, 9.17) is 4.98 Å². The second-order valence-corrected chi connectivity index (χ2v) is 5.77. The van der Waals surface area contributed by atoms with Crippen molar-refractivity contribution in [1.82, 2.24) is 19.9 Å². The molecule has 1 aliphatic rings. The first-order chi connectivity index (χ1) is 12.4. The van der Waals surface area contributed by atoms with Gasteiger partial charge in [0.05, 0.1) is 17.6 Å². The Kier molecular flexibility index (Phi) is 3.03. The van der Waals surface area contributed by atoms with Crippen LogP contribution < -0.4 is 5.32 Å². The molecular weight excluding hydrogens is 310 g/mol. The maximum Gasteiger partial charge on any atom is 0.159 e. The molecule has 0 unspecified atom stereocenters. The summed E-state index contributed by atoms with van der Waals surface area (Å²) in [4.78, 5) is 18.2. The van der Waals surface area contributed by atoms with Gasteiger partial charge in [0.2, 0.25) is 0 Å². The third kappa shape index (κ3) is 2.25. The fourth-order valence-corrected chi connectivity index (χ4v) is 3.06. The highest BCUT2D eigenvalue weighted by Crippen LogP contribution is 2.42. The number of rotatable bonds is 1. The molecule has 3 aromatic heterocycles. The Morgan fingerprint density at radius 3 is 2.56 bits per heavy atom. The Morgan fingerprint density at radius 1 is 0.720 bits per heavy atom. The van der Waals surface area contributed by atoms with Crippen molar-refractivity contribution in [3.05, 3.63) is 73.3 Å². The van der Waals surface area contributed by atoms with Gasteiger partial charge in [0.1, 0.15) is 5.82 Å². The molecule has 4 heterocycles. The molecule has 0 fully saturated rings. The largest absolute Gasteiger partial charge is 0.338 e. The van der Waals surface area contributed by atoms with Gasteiger partial charge in [-0.05, 0) is 18.2 Å². The molecule has 0 atom stereocenters. The lowest BCUT2D eigenvalue weighted by Gasteiger charge is -2.09. The van der Waals surface area contributed by atoms with Crippen LogP contribution >= 0.6 is 0 Å². The van der Waals surface area contributed by atoms with Crippen LogP contribution in [0.1, 0.15) is 0 Å². The van der Waals surface area contributed by atoms with Crippen LogP contribution in [0, 0.1) is 0 Å². The van der Waals surface area contributed by atoms with Crippen molar-refractivity contribution in [1.29, 1.82) is 0 Å². The first-order valence-electron chi connectivity index (χ1n) is 7.99. The van der Waals surface area contributed by atoms with E-state index >= 15 is 0 Å². The molecule has 0 aliphatic carbocycles. The van der Waals surface area contributed by atoms with Gasteiger partial charge in [0.25, 0.3) is 0 Å². The Morgan fingerprint density at radius 2 is 1.64 bits per heavy atom. The average molecular weight is 323 g/mol. The Bertz CT molecular complexity index is 1080. The molecular formula is C20H13N5. The quantitative estimate of drug-likeness (QED) is 0.497. The van der Waals surface area contributed by atoms with Crippen LogP contribution in [-0.4, -0.2) is 19.9 Å². The molecule has 25 heavy (non-hydrogen) atoms. The maximum atomic E-state index is 4.87. The van der Waals surface area contributed by atoms with E-state index in [0.717, 1.165) is 39.5 Å². The lowest BCUT2D eigenvalue weighted by atomic mass is 10.0. The van der Waals surface area contributed by atoms with Crippen molar-refractivity contribution in [2.45, 2.75) is 0 Å². The van der Waals surface area contributed by atoms with Gasteiger partial charge in [-0.15, -0.1) is 0 Å². The van der Waals surface area contributed by atoms with E-state index in [-0.39, 0.29) is 0 Å². The monoisotopic (exact) mass is 323 g/mol. The first-order valence-corrected chi connectivity index (χ1v) is 7.99. The summed E-state index contributed by atoms with van der Waals surface area (Å²) in [5.74, 6) is 1.47. The topological polar surface area (TPSA) is 63.6 Å². The van der Waals surface area contributed by atoms with E-state index in [0.29, 0.717) is 5.82 Å². The molecule has 5 nitrogen and oxygen atoms in total. The summed E-state index contributed by atoms with van der Waals surface area (Å²) in [6.07, 6.45) is 7.23. The highest BCUT2D eigenvalue weighted by Gasteiger charge is 2.22. The van der Waals surface area contributed by atoms with Crippen molar-refractivity contribution in [3.63, 3.8) is 0 Å². The van der Waals surface area contributed by atoms with Crippen LogP contribution in [0.15, 0.2) is 73.3 Å². The molecule has 118 valence electrons. The zero-order valence-electron chi connectivity index (χ0n) is 13.2. The highest BCUT2D eigenvalue weighted by molar-refractivity contribution is 5.95. The summed E-state index contributed by atoms with van der Waals surface area (Å²) in [6.45, 7) is 0. The molecule has 4 aromatic rings. The molecule has 1 aromatic carbocycles. The van der Waals surface area contributed by atoms with E-state index in [1.807, 2.05) is 54.7 Å². The predicted molar refractivity (Wildman–Crippen MR) is 97.2 cm³/mol. The maximum absolute atomic E-state index is 4.87. The molecule has 0 bridgehead atoms. The van der Waals surface area contributed by atoms with Crippen LogP contribution in [0.3, 0.4) is 0 Å². The van der Waals surface area contributed by atoms with Crippen LogP contribution in [0.5, 0.6) is 0 Å². The van der Waals surface area contributed by atoms with E-state index in [9.17, 15) is 0 Å². The number of fused-ring (bicyclic) bond motifs is 5. The van der Waals surface area contributed by atoms with Gasteiger partial charge >= 0.3 is 0 Å². The Balaban J connectivity index is 1.82. The standard InChI is InChI=1S/C20H13N5/c1-2-5-13(6-3-1)19-23-11-16-14-8-10-21-12-17(14)24-20-15(18(16)25-19)7-4-9-22-20/h1-12H,(H,22,24). The van der Waals surface area contributed by atoms with Gasteiger partial charge in [0.15, 0.2) is 5.82 Å². The predicted octanol–water partition coefficient (Wildman–Crippen LogP) is 4.32. The average Bonchev–Trinajstić information content (AvgIpc) is 2.83. The number of pyridine rings is 2. The fraction of sp³-hybridized carbons (Fsp3) is 0. The molecule has 0 amide bonds. The zero-order chi connectivity index (χ0) is 16.6. The summed E-state index contributed by atoms with van der Waals surface area (Å²) in [6, 6.07) is 15.9. The molecule has 0 spiro atoms. The number of benzene rings is 1. The number of hydrogen-bond donors (Lipinski definition) is 1. The highest BCUT2D eigenvalue weighted by atomic mass is 15.0. The van der Waals surface area contributed by atoms with Gasteiger partial charge in [-0.2, -0.15) is 0 Å². The second-order valence-electron chi connectivity index (χ2n) is 5.77. The minimum atomic E-state index is 0.701. The fourth-order valence-electron chi connectivity index (χ4n) is 3.06. The van der Waals surface area contributed by atoms with Gasteiger partial charge in [0, 0.05) is 40.8 Å². The van der Waals surface area contributed by atoms with Crippen molar-refractivity contribution in [2.24, 2.45) is 0 Å². The van der Waals surface area contributed by atoms with Gasteiger partial charge < -0.3 is 5.32 Å². The summed E-state index contributed by atoms with van der Waals surface area (Å²) in [5.41, 5.74) is 5.70. The van der Waals surface area contributed by atoms with Gasteiger partial charge in [-0.3, -0.25) is 4.98 Å². The molecule has 0 radical (unpaired) electrons. The van der Waals surface area contributed by atoms with E-state index < -0.39 is 0 Å². The van der Waals surface area contributed by atoms with Crippen molar-refractivity contribution >= 4 is 11.5 Å². The molecule has 0 saturated carbocycles. The third-order valence-electron chi connectivity index (χ3n) is 4.25. The van der Waals surface area contributed by atoms with Crippen LogP contribution in [0.2, 0.25) is 0 Å². The second kappa shape index (κ2) is 5.49. The van der Waals surface area contributed by atoms with Gasteiger partial charge in [-0.25, -0.2) is 15.0 Å². The Labute approximate surface area is 144 Å². The van der Waals surface area contributed by atoms with Gasteiger partial charge in [-0.1, -0.05) is 30.3 Å². The number of nitrogens with zero attached hydrogens (tertiary/aromatic N) is 4. The van der Waals surface area contributed by atoms with Crippen LogP contribution in [0.4, 0.5) is 11.5 Å². The first kappa shape index (κ1) is 13.8. The van der Waals surface area contributed by atoms with Crippen molar-refractivity contribution in [2.75, 3.05) is 5.32 Å². The summed E-state index contributed by atoms with van der Waals surface area (Å²) in [7, 11) is 0. The summed E-state index contributed by atoms with van der Waals surface area (Å²) < 4.78 is 0. The van der Waals surface area contributed by atoms with Crippen molar-refractivity contribution in [3.8, 4) is 33.8 Å². The molecule has 5 rings (SSSR count). The van der Waals surface area contributed by atoms with Crippen LogP contribution in [0.25, 0.3) is 33.8 Å². The van der Waals surface area contributed by atoms with E-state index in [2.05, 4.69) is 20.3 Å². The number of hydrogen-bond acceptors (Lipinski definition) is 5. The number of nitrogens with one attached hydrogen (secondary N) is 1. The third-order valence-corrected chi connectivity index (χ3v) is 4.25. The molecule has 1 N–H and O–H groups in total. The van der Waals surface area contributed by atoms with Crippen LogP contribution in [-0.2, 0) is 0 Å². The lowest BCUT2D eigenvalue weighted by Crippen LogP contribution is -1.96.